The lowest BCUT2D eigenvalue weighted by atomic mass is 10.1. The lowest BCUT2D eigenvalue weighted by Gasteiger charge is -2.32. The maximum Gasteiger partial charge on any atom is 0.236 e. The van der Waals surface area contributed by atoms with Gasteiger partial charge in [-0.1, -0.05) is 0 Å². The van der Waals surface area contributed by atoms with Gasteiger partial charge >= 0.3 is 0 Å². The Kier molecular flexibility index (Phi) is 5.83. The van der Waals surface area contributed by atoms with E-state index in [9.17, 15) is 4.79 Å². The van der Waals surface area contributed by atoms with Crippen molar-refractivity contribution in [2.75, 3.05) is 26.2 Å². The van der Waals surface area contributed by atoms with Gasteiger partial charge < -0.3 is 15.4 Å². The maximum atomic E-state index is 11.4. The second-order valence-corrected chi connectivity index (χ2v) is 3.94. The van der Waals surface area contributed by atoms with Gasteiger partial charge in [0, 0.05) is 26.1 Å². The normalized spacial score (nSPS) is 20.5. The Hall–Kier alpha value is -1.12. The number of hydrogen-bond acceptors (Lipinski definition) is 4. The number of amides is 1. The Morgan fingerprint density at radius 3 is 3.12 bits per heavy atom. The number of hydrogen-bond donors (Lipinski definition) is 1. The number of nitrogens with two attached hydrogens (primary N) is 1. The maximum absolute atomic E-state index is 11.4. The lowest BCUT2D eigenvalue weighted by molar-refractivity contribution is -0.133. The minimum absolute atomic E-state index is 0.00896. The number of unbranched alkanes of at least 4 members (excludes halogenated alkanes) is 1. The summed E-state index contributed by atoms with van der Waals surface area (Å²) in [4.78, 5) is 13.2. The van der Waals surface area contributed by atoms with Gasteiger partial charge in [0.15, 0.2) is 0 Å². The third-order valence-electron chi connectivity index (χ3n) is 2.69. The number of rotatable bonds is 5. The number of piperidine rings is 1. The summed E-state index contributed by atoms with van der Waals surface area (Å²) in [6, 6.07) is 2.08. The van der Waals surface area contributed by atoms with E-state index in [0.717, 1.165) is 25.8 Å². The van der Waals surface area contributed by atoms with E-state index in [1.54, 1.807) is 4.90 Å². The largest absolute Gasteiger partial charge is 0.376 e. The summed E-state index contributed by atoms with van der Waals surface area (Å²) in [6.07, 6.45) is 3.36. The van der Waals surface area contributed by atoms with Crippen molar-refractivity contribution in [3.63, 3.8) is 0 Å². The van der Waals surface area contributed by atoms with Gasteiger partial charge in [-0.2, -0.15) is 5.26 Å². The van der Waals surface area contributed by atoms with Crippen molar-refractivity contribution < 1.29 is 9.53 Å². The van der Waals surface area contributed by atoms with Crippen molar-refractivity contribution >= 4 is 5.91 Å². The van der Waals surface area contributed by atoms with Gasteiger partial charge in [0.25, 0.3) is 0 Å². The van der Waals surface area contributed by atoms with Gasteiger partial charge in [-0.3, -0.25) is 4.79 Å². The van der Waals surface area contributed by atoms with Gasteiger partial charge in [0.2, 0.25) is 5.91 Å². The summed E-state index contributed by atoms with van der Waals surface area (Å²) in [5.74, 6) is -0.00896. The van der Waals surface area contributed by atoms with Crippen LogP contribution in [-0.4, -0.2) is 43.2 Å². The fourth-order valence-corrected chi connectivity index (χ4v) is 1.83. The van der Waals surface area contributed by atoms with E-state index in [0.29, 0.717) is 19.6 Å². The highest BCUT2D eigenvalue weighted by molar-refractivity contribution is 5.78. The van der Waals surface area contributed by atoms with E-state index in [-0.39, 0.29) is 18.6 Å². The molecule has 90 valence electrons. The summed E-state index contributed by atoms with van der Waals surface area (Å²) in [6.45, 7) is 2.10. The molecule has 0 aromatic heterocycles. The van der Waals surface area contributed by atoms with Crippen LogP contribution in [0.5, 0.6) is 0 Å². The monoisotopic (exact) mass is 225 g/mol. The number of nitrogens with zero attached hydrogens (tertiary/aromatic N) is 2. The Labute approximate surface area is 96.2 Å². The van der Waals surface area contributed by atoms with Crippen LogP contribution in [0.2, 0.25) is 0 Å². The molecule has 2 N–H and O–H groups in total. The second-order valence-electron chi connectivity index (χ2n) is 3.94. The molecule has 1 amide bonds. The summed E-state index contributed by atoms with van der Waals surface area (Å²) >= 11 is 0. The Balaban J connectivity index is 2.23. The Bertz CT molecular complexity index is 262. The van der Waals surface area contributed by atoms with Crippen molar-refractivity contribution in [2.45, 2.75) is 31.8 Å². The first-order chi connectivity index (χ1) is 7.77. The van der Waals surface area contributed by atoms with Gasteiger partial charge in [-0.15, -0.1) is 0 Å². The van der Waals surface area contributed by atoms with Crippen LogP contribution in [0.3, 0.4) is 0 Å². The molecule has 5 nitrogen and oxygen atoms in total. The predicted octanol–water partition coefficient (Wildman–Crippen LogP) is 0.256. The van der Waals surface area contributed by atoms with Crippen molar-refractivity contribution in [1.29, 1.82) is 5.26 Å². The molecule has 0 aliphatic carbocycles. The molecule has 16 heavy (non-hydrogen) atoms. The number of nitriles is 1. The molecule has 1 atom stereocenters. The molecule has 1 fully saturated rings. The zero-order valence-electron chi connectivity index (χ0n) is 9.52. The van der Waals surface area contributed by atoms with E-state index in [1.165, 1.54) is 0 Å². The molecule has 1 aliphatic heterocycles. The minimum atomic E-state index is -0.00896. The van der Waals surface area contributed by atoms with Crippen molar-refractivity contribution in [3.05, 3.63) is 0 Å². The van der Waals surface area contributed by atoms with Gasteiger partial charge in [-0.05, 0) is 19.3 Å². The first-order valence-corrected chi connectivity index (χ1v) is 5.74. The highest BCUT2D eigenvalue weighted by Crippen LogP contribution is 2.13. The molecule has 1 saturated heterocycles. The van der Waals surface area contributed by atoms with Crippen LogP contribution >= 0.6 is 0 Å². The summed E-state index contributed by atoms with van der Waals surface area (Å²) in [5, 5.41) is 8.38. The van der Waals surface area contributed by atoms with Crippen molar-refractivity contribution in [2.24, 2.45) is 5.73 Å². The average Bonchev–Trinajstić information content (AvgIpc) is 2.34. The Morgan fingerprint density at radius 2 is 2.44 bits per heavy atom. The number of ether oxygens (including phenoxy) is 1. The molecule has 1 rings (SSSR count). The molecular weight excluding hydrogens is 206 g/mol. The van der Waals surface area contributed by atoms with Gasteiger partial charge in [0.05, 0.1) is 18.7 Å². The topological polar surface area (TPSA) is 79.3 Å². The van der Waals surface area contributed by atoms with Crippen LogP contribution in [-0.2, 0) is 9.53 Å². The van der Waals surface area contributed by atoms with E-state index < -0.39 is 0 Å². The quantitative estimate of drug-likeness (QED) is 0.680. The molecule has 0 bridgehead atoms. The fourth-order valence-electron chi connectivity index (χ4n) is 1.83. The molecule has 0 spiro atoms. The third kappa shape index (κ3) is 4.17. The van der Waals surface area contributed by atoms with Gasteiger partial charge in [0.1, 0.15) is 0 Å². The summed E-state index contributed by atoms with van der Waals surface area (Å²) in [7, 11) is 0. The molecule has 1 unspecified atom stereocenters. The molecule has 1 heterocycles. The Morgan fingerprint density at radius 1 is 1.62 bits per heavy atom. The highest BCUT2D eigenvalue weighted by Gasteiger charge is 2.22. The zero-order chi connectivity index (χ0) is 11.8. The van der Waals surface area contributed by atoms with E-state index in [1.807, 2.05) is 0 Å². The molecule has 0 saturated carbocycles. The van der Waals surface area contributed by atoms with E-state index >= 15 is 0 Å². The molecule has 1 aliphatic rings. The highest BCUT2D eigenvalue weighted by atomic mass is 16.5. The first-order valence-electron chi connectivity index (χ1n) is 5.74. The smallest absolute Gasteiger partial charge is 0.236 e. The molecule has 0 radical (unpaired) electrons. The summed E-state index contributed by atoms with van der Waals surface area (Å²) in [5.41, 5.74) is 5.32. The predicted molar refractivity (Wildman–Crippen MR) is 59.5 cm³/mol. The van der Waals surface area contributed by atoms with Crippen LogP contribution in [0, 0.1) is 11.3 Å². The molecule has 0 aromatic rings. The van der Waals surface area contributed by atoms with Crippen molar-refractivity contribution in [3.8, 4) is 6.07 Å². The van der Waals surface area contributed by atoms with E-state index in [2.05, 4.69) is 6.07 Å². The SMILES string of the molecule is N#CCCCOC1CCCN(C(=O)CN)C1. The van der Waals surface area contributed by atoms with Crippen LogP contribution in [0.1, 0.15) is 25.7 Å². The second kappa shape index (κ2) is 7.20. The molecular formula is C11H19N3O2. The first kappa shape index (κ1) is 12.9. The number of carbonyl (C=O) groups excluding carboxylic acids is 1. The molecule has 5 heteroatoms. The van der Waals surface area contributed by atoms with Gasteiger partial charge in [-0.25, -0.2) is 0 Å². The number of carbonyl (C=O) groups is 1. The zero-order valence-corrected chi connectivity index (χ0v) is 9.52. The number of likely N-dealkylation sites (tertiary alicyclic amines) is 1. The third-order valence-corrected chi connectivity index (χ3v) is 2.69. The van der Waals surface area contributed by atoms with Crippen LogP contribution in [0.25, 0.3) is 0 Å². The minimum Gasteiger partial charge on any atom is -0.376 e. The summed E-state index contributed by atoms with van der Waals surface area (Å²) < 4.78 is 5.62. The fraction of sp³-hybridized carbons (Fsp3) is 0.818. The van der Waals surface area contributed by atoms with E-state index in [4.69, 9.17) is 15.7 Å². The van der Waals surface area contributed by atoms with Crippen LogP contribution < -0.4 is 5.73 Å². The van der Waals surface area contributed by atoms with Crippen LogP contribution in [0.15, 0.2) is 0 Å². The van der Waals surface area contributed by atoms with Crippen LogP contribution in [0.4, 0.5) is 0 Å². The molecule has 0 aromatic carbocycles. The lowest BCUT2D eigenvalue weighted by Crippen LogP contribution is -2.45. The average molecular weight is 225 g/mol. The standard InChI is InChI=1S/C11H19N3O2/c12-5-1-2-7-16-10-4-3-6-14(9-10)11(15)8-13/h10H,1-4,6-9,13H2. The van der Waals surface area contributed by atoms with Crippen molar-refractivity contribution in [1.82, 2.24) is 4.90 Å².